The number of aryl methyl sites for hydroxylation is 1. The lowest BCUT2D eigenvalue weighted by Crippen LogP contribution is -2.53. The molecule has 0 amide bonds. The first-order valence-electron chi connectivity index (χ1n) is 17.0. The van der Waals surface area contributed by atoms with Gasteiger partial charge in [-0.15, -0.1) is 0 Å². The fraction of sp³-hybridized carbons (Fsp3) is 0.526. The number of hydrogen-bond donors (Lipinski definition) is 1. The molecule has 2 heterocycles. The number of esters is 1. The fourth-order valence-corrected chi connectivity index (χ4v) is 8.80. The number of hydrogen-bond acceptors (Lipinski definition) is 7. The normalized spacial score (nSPS) is 25.6. The van der Waals surface area contributed by atoms with Crippen molar-refractivity contribution in [3.05, 3.63) is 76.1 Å². The van der Waals surface area contributed by atoms with Crippen molar-refractivity contribution < 1.29 is 23.7 Å². The SMILES string of the molecule is COC(=O)C1(Nc2cccc(Cl)c2)CCC2(CC1)c1cc3c(cc1CC2C[C@@H](C)COc1ccnc2c1CCCC2)OCCCO3. The van der Waals surface area contributed by atoms with Crippen molar-refractivity contribution >= 4 is 23.3 Å². The number of halogens is 1. The summed E-state index contributed by atoms with van der Waals surface area (Å²) < 4.78 is 24.3. The summed E-state index contributed by atoms with van der Waals surface area (Å²) in [7, 11) is 1.48. The number of anilines is 1. The standard InChI is InChI=1S/C38H45ClN2O5/c1-25(24-46-33-11-16-40-32-10-4-3-9-30(32)33)19-27-20-26-21-34-35(45-18-6-17-44-34)23-31(26)37(27)12-14-38(15-13-37,36(42)43-2)41-29-8-5-7-28(39)22-29/h5,7-8,11,16,21-23,25,27,41H,3-4,6,9-10,12-15,17-20,24H2,1-2H3/t25-,27?,37?,38?/m1/s1. The smallest absolute Gasteiger partial charge is 0.331 e. The third-order valence-corrected chi connectivity index (χ3v) is 11.2. The highest BCUT2D eigenvalue weighted by Crippen LogP contribution is 2.58. The third kappa shape index (κ3) is 5.92. The number of methoxy groups -OCH3 is 1. The Labute approximate surface area is 277 Å². The van der Waals surface area contributed by atoms with Crippen molar-refractivity contribution in [1.29, 1.82) is 0 Å². The van der Waals surface area contributed by atoms with E-state index in [9.17, 15) is 4.79 Å². The number of carbonyl (C=O) groups excluding carboxylic acids is 1. The molecule has 1 N–H and O–H groups in total. The van der Waals surface area contributed by atoms with Crippen LogP contribution in [0.4, 0.5) is 5.69 Å². The maximum atomic E-state index is 13.5. The molecule has 1 unspecified atom stereocenters. The fourth-order valence-electron chi connectivity index (χ4n) is 8.61. The van der Waals surface area contributed by atoms with Crippen LogP contribution < -0.4 is 19.5 Å². The first kappa shape index (κ1) is 31.2. The molecule has 7 rings (SSSR count). The Morgan fingerprint density at radius 1 is 1.04 bits per heavy atom. The molecule has 7 nitrogen and oxygen atoms in total. The van der Waals surface area contributed by atoms with E-state index in [4.69, 9.17) is 30.5 Å². The maximum absolute atomic E-state index is 13.5. The largest absolute Gasteiger partial charge is 0.493 e. The van der Waals surface area contributed by atoms with Gasteiger partial charge in [0.15, 0.2) is 11.5 Å². The highest BCUT2D eigenvalue weighted by Gasteiger charge is 2.54. The Balaban J connectivity index is 1.15. The van der Waals surface area contributed by atoms with Crippen molar-refractivity contribution in [2.45, 2.75) is 88.5 Å². The van der Waals surface area contributed by atoms with E-state index in [-0.39, 0.29) is 11.4 Å². The number of benzene rings is 2. The van der Waals surface area contributed by atoms with Gasteiger partial charge in [0, 0.05) is 34.6 Å². The molecule has 8 heteroatoms. The second kappa shape index (κ2) is 13.0. The number of aromatic nitrogens is 1. The van der Waals surface area contributed by atoms with Gasteiger partial charge >= 0.3 is 5.97 Å². The Kier molecular flexibility index (Phi) is 8.79. The summed E-state index contributed by atoms with van der Waals surface area (Å²) in [5.41, 5.74) is 5.13. The average Bonchev–Trinajstić information content (AvgIpc) is 3.18. The van der Waals surface area contributed by atoms with Crippen molar-refractivity contribution in [1.82, 2.24) is 4.98 Å². The molecule has 1 aromatic heterocycles. The number of fused-ring (bicyclic) bond motifs is 4. The molecule has 4 aliphatic rings. The van der Waals surface area contributed by atoms with Crippen molar-refractivity contribution in [3.8, 4) is 17.2 Å². The molecular formula is C38H45ClN2O5. The van der Waals surface area contributed by atoms with Crippen molar-refractivity contribution in [3.63, 3.8) is 0 Å². The zero-order chi connectivity index (χ0) is 31.7. The molecule has 3 aliphatic carbocycles. The molecule has 1 spiro atoms. The second-order valence-electron chi connectivity index (χ2n) is 13.9. The highest BCUT2D eigenvalue weighted by molar-refractivity contribution is 6.30. The molecule has 0 saturated heterocycles. The van der Waals surface area contributed by atoms with Crippen LogP contribution in [0.1, 0.15) is 80.7 Å². The molecule has 244 valence electrons. The van der Waals surface area contributed by atoms with E-state index in [1.54, 1.807) is 0 Å². The lowest BCUT2D eigenvalue weighted by Gasteiger charge is -2.47. The Bertz CT molecular complexity index is 1580. The molecule has 0 radical (unpaired) electrons. The quantitative estimate of drug-likeness (QED) is 0.250. The predicted molar refractivity (Wildman–Crippen MR) is 179 cm³/mol. The molecule has 1 fully saturated rings. The van der Waals surface area contributed by atoms with Gasteiger partial charge in [0.1, 0.15) is 11.3 Å². The molecule has 3 aromatic rings. The van der Waals surface area contributed by atoms with Gasteiger partial charge in [-0.05, 0) is 129 Å². The number of nitrogens with one attached hydrogen (secondary N) is 1. The Morgan fingerprint density at radius 3 is 2.61 bits per heavy atom. The van der Waals surface area contributed by atoms with Crippen LogP contribution in [-0.2, 0) is 34.2 Å². The molecule has 46 heavy (non-hydrogen) atoms. The van der Waals surface area contributed by atoms with Gasteiger partial charge in [-0.25, -0.2) is 4.79 Å². The van der Waals surface area contributed by atoms with Crippen LogP contribution in [-0.4, -0.2) is 43.4 Å². The molecule has 1 aliphatic heterocycles. The van der Waals surface area contributed by atoms with E-state index in [0.717, 1.165) is 67.9 Å². The zero-order valence-corrected chi connectivity index (χ0v) is 27.8. The monoisotopic (exact) mass is 644 g/mol. The molecule has 0 bridgehead atoms. The minimum absolute atomic E-state index is 0.0857. The molecular weight excluding hydrogens is 600 g/mol. The van der Waals surface area contributed by atoms with Gasteiger partial charge in [0.05, 0.1) is 26.9 Å². The topological polar surface area (TPSA) is 78.9 Å². The van der Waals surface area contributed by atoms with Crippen LogP contribution >= 0.6 is 11.6 Å². The molecule has 2 atom stereocenters. The van der Waals surface area contributed by atoms with Crippen LogP contribution in [0.25, 0.3) is 0 Å². The lowest BCUT2D eigenvalue weighted by molar-refractivity contribution is -0.148. The summed E-state index contributed by atoms with van der Waals surface area (Å²) in [5.74, 6) is 3.24. The summed E-state index contributed by atoms with van der Waals surface area (Å²) in [4.78, 5) is 18.1. The van der Waals surface area contributed by atoms with E-state index in [0.29, 0.717) is 49.5 Å². The summed E-state index contributed by atoms with van der Waals surface area (Å²) >= 11 is 6.32. The first-order valence-corrected chi connectivity index (χ1v) is 17.4. The van der Waals surface area contributed by atoms with E-state index < -0.39 is 5.54 Å². The number of nitrogens with zero attached hydrogens (tertiary/aromatic N) is 1. The van der Waals surface area contributed by atoms with Crippen LogP contribution in [0, 0.1) is 11.8 Å². The summed E-state index contributed by atoms with van der Waals surface area (Å²) in [6.45, 7) is 4.31. The van der Waals surface area contributed by atoms with Gasteiger partial charge in [-0.3, -0.25) is 4.98 Å². The highest BCUT2D eigenvalue weighted by atomic mass is 35.5. The number of pyridine rings is 1. The Morgan fingerprint density at radius 2 is 1.83 bits per heavy atom. The summed E-state index contributed by atoms with van der Waals surface area (Å²) in [6, 6.07) is 14.1. The van der Waals surface area contributed by atoms with Gasteiger partial charge in [-0.1, -0.05) is 24.6 Å². The van der Waals surface area contributed by atoms with Crippen molar-refractivity contribution in [2.75, 3.05) is 32.2 Å². The minimum Gasteiger partial charge on any atom is -0.493 e. The molecule has 2 aromatic carbocycles. The summed E-state index contributed by atoms with van der Waals surface area (Å²) in [6.07, 6.45) is 12.3. The van der Waals surface area contributed by atoms with Gasteiger partial charge < -0.3 is 24.3 Å². The van der Waals surface area contributed by atoms with Crippen LogP contribution in [0.2, 0.25) is 5.02 Å². The zero-order valence-electron chi connectivity index (χ0n) is 27.0. The lowest BCUT2D eigenvalue weighted by atomic mass is 9.59. The van der Waals surface area contributed by atoms with E-state index in [2.05, 4.69) is 29.4 Å². The number of ether oxygens (including phenoxy) is 4. The summed E-state index contributed by atoms with van der Waals surface area (Å²) in [5, 5.41) is 4.20. The second-order valence-corrected chi connectivity index (χ2v) is 14.3. The number of rotatable bonds is 8. The number of carbonyl (C=O) groups is 1. The van der Waals surface area contributed by atoms with Crippen LogP contribution in [0.15, 0.2) is 48.7 Å². The van der Waals surface area contributed by atoms with Gasteiger partial charge in [-0.2, -0.15) is 0 Å². The van der Waals surface area contributed by atoms with Gasteiger partial charge in [0.2, 0.25) is 0 Å². The average molecular weight is 645 g/mol. The molecule has 1 saturated carbocycles. The van der Waals surface area contributed by atoms with E-state index >= 15 is 0 Å². The Hall–Kier alpha value is -3.45. The first-order chi connectivity index (χ1) is 22.4. The minimum atomic E-state index is -0.821. The van der Waals surface area contributed by atoms with Gasteiger partial charge in [0.25, 0.3) is 0 Å². The van der Waals surface area contributed by atoms with E-state index in [1.807, 2.05) is 36.5 Å². The predicted octanol–water partition coefficient (Wildman–Crippen LogP) is 7.89. The van der Waals surface area contributed by atoms with E-state index in [1.165, 1.54) is 42.3 Å². The maximum Gasteiger partial charge on any atom is 0.331 e. The van der Waals surface area contributed by atoms with Crippen LogP contribution in [0.5, 0.6) is 17.2 Å². The third-order valence-electron chi connectivity index (χ3n) is 10.9. The van der Waals surface area contributed by atoms with Crippen LogP contribution in [0.3, 0.4) is 0 Å². The van der Waals surface area contributed by atoms with Crippen molar-refractivity contribution in [2.24, 2.45) is 11.8 Å².